The van der Waals surface area contributed by atoms with Gasteiger partial charge in [0.2, 0.25) is 0 Å². The lowest BCUT2D eigenvalue weighted by Gasteiger charge is -2.12. The zero-order valence-corrected chi connectivity index (χ0v) is 10.1. The molecule has 17 heavy (non-hydrogen) atoms. The first-order valence-corrected chi connectivity index (χ1v) is 5.74. The minimum Gasteiger partial charge on any atom is -0.504 e. The number of unbranched alkanes of at least 4 members (excludes halogenated alkanes) is 1. The maximum absolute atomic E-state index is 11.9. The molecule has 0 fully saturated rings. The first-order valence-electron chi connectivity index (χ1n) is 5.74. The Morgan fingerprint density at radius 2 is 2.06 bits per heavy atom. The van der Waals surface area contributed by atoms with E-state index in [1.54, 1.807) is 6.92 Å². The zero-order chi connectivity index (χ0) is 12.8. The number of ether oxygens (including phenoxy) is 1. The van der Waals surface area contributed by atoms with Crippen LogP contribution in [0, 0.1) is 0 Å². The van der Waals surface area contributed by atoms with Crippen LogP contribution in [0.25, 0.3) is 0 Å². The molecule has 2 N–H and O–H groups in total. The normalized spacial score (nSPS) is 12.4. The number of carbonyl (C=O) groups excluding carboxylic acids is 1. The molecule has 0 saturated heterocycles. The topological polar surface area (TPSA) is 66.8 Å². The van der Waals surface area contributed by atoms with E-state index in [1.165, 1.54) is 18.2 Å². The van der Waals surface area contributed by atoms with Crippen molar-refractivity contribution in [1.29, 1.82) is 0 Å². The quantitative estimate of drug-likeness (QED) is 0.454. The van der Waals surface area contributed by atoms with Gasteiger partial charge in [0, 0.05) is 12.2 Å². The monoisotopic (exact) mass is 238 g/mol. The molecule has 1 aromatic rings. The summed E-state index contributed by atoms with van der Waals surface area (Å²) in [5.41, 5.74) is 0.337. The highest BCUT2D eigenvalue weighted by molar-refractivity contribution is 5.99. The van der Waals surface area contributed by atoms with Crippen molar-refractivity contribution >= 4 is 5.78 Å². The summed E-state index contributed by atoms with van der Waals surface area (Å²) in [6.07, 6.45) is 1.39. The number of aromatic hydroxyl groups is 2. The third-order valence-corrected chi connectivity index (χ3v) is 2.49. The lowest BCUT2D eigenvalue weighted by Crippen LogP contribution is -2.21. The molecule has 1 unspecified atom stereocenters. The number of hydrogen-bond acceptors (Lipinski definition) is 4. The molecular weight excluding hydrogens is 220 g/mol. The van der Waals surface area contributed by atoms with Crippen molar-refractivity contribution < 1.29 is 19.7 Å². The molecule has 0 spiro atoms. The molecule has 1 aromatic carbocycles. The molecule has 4 nitrogen and oxygen atoms in total. The van der Waals surface area contributed by atoms with Crippen LogP contribution >= 0.6 is 0 Å². The van der Waals surface area contributed by atoms with E-state index >= 15 is 0 Å². The molecule has 0 heterocycles. The number of benzene rings is 1. The van der Waals surface area contributed by atoms with Gasteiger partial charge in [-0.15, -0.1) is 0 Å². The van der Waals surface area contributed by atoms with Gasteiger partial charge in [-0.05, 0) is 31.5 Å². The second kappa shape index (κ2) is 6.25. The van der Waals surface area contributed by atoms with Crippen LogP contribution in [0.2, 0.25) is 0 Å². The fraction of sp³-hybridized carbons (Fsp3) is 0.462. The first-order chi connectivity index (χ1) is 8.06. The van der Waals surface area contributed by atoms with E-state index in [9.17, 15) is 9.90 Å². The van der Waals surface area contributed by atoms with Crippen molar-refractivity contribution in [3.05, 3.63) is 23.8 Å². The summed E-state index contributed by atoms with van der Waals surface area (Å²) in [5, 5.41) is 18.4. The SMILES string of the molecule is CCCCOC(C)C(=O)c1ccc(O)c(O)c1. The molecule has 94 valence electrons. The van der Waals surface area contributed by atoms with Gasteiger partial charge in [0.05, 0.1) is 0 Å². The highest BCUT2D eigenvalue weighted by Crippen LogP contribution is 2.25. The average Bonchev–Trinajstić information content (AvgIpc) is 2.32. The Hall–Kier alpha value is -1.55. The Morgan fingerprint density at radius 1 is 1.35 bits per heavy atom. The fourth-order valence-electron chi connectivity index (χ4n) is 1.39. The van der Waals surface area contributed by atoms with Crippen LogP contribution in [0.1, 0.15) is 37.0 Å². The Kier molecular flexibility index (Phi) is 4.97. The summed E-state index contributed by atoms with van der Waals surface area (Å²) in [6, 6.07) is 4.01. The third kappa shape index (κ3) is 3.75. The highest BCUT2D eigenvalue weighted by atomic mass is 16.5. The number of carbonyl (C=O) groups is 1. The Morgan fingerprint density at radius 3 is 2.65 bits per heavy atom. The van der Waals surface area contributed by atoms with Crippen molar-refractivity contribution in [2.45, 2.75) is 32.8 Å². The van der Waals surface area contributed by atoms with Gasteiger partial charge >= 0.3 is 0 Å². The molecule has 0 radical (unpaired) electrons. The molecule has 0 aromatic heterocycles. The number of rotatable bonds is 6. The molecule has 0 saturated carbocycles. The van der Waals surface area contributed by atoms with E-state index in [2.05, 4.69) is 0 Å². The van der Waals surface area contributed by atoms with E-state index in [-0.39, 0.29) is 17.3 Å². The molecule has 0 aliphatic carbocycles. The van der Waals surface area contributed by atoms with Crippen LogP contribution in [0.3, 0.4) is 0 Å². The lowest BCUT2D eigenvalue weighted by atomic mass is 10.1. The smallest absolute Gasteiger partial charge is 0.191 e. The number of phenols is 2. The minimum absolute atomic E-state index is 0.198. The molecule has 0 aliphatic heterocycles. The van der Waals surface area contributed by atoms with Crippen molar-refractivity contribution in [2.24, 2.45) is 0 Å². The summed E-state index contributed by atoms with van der Waals surface area (Å²) in [4.78, 5) is 11.9. The van der Waals surface area contributed by atoms with Crippen LogP contribution in [0.5, 0.6) is 11.5 Å². The molecule has 1 rings (SSSR count). The van der Waals surface area contributed by atoms with Gasteiger partial charge in [-0.2, -0.15) is 0 Å². The van der Waals surface area contributed by atoms with Gasteiger partial charge in [0.25, 0.3) is 0 Å². The number of hydrogen-bond donors (Lipinski definition) is 2. The van der Waals surface area contributed by atoms with Gasteiger partial charge in [-0.3, -0.25) is 4.79 Å². The Labute approximate surface area is 101 Å². The molecule has 0 amide bonds. The summed E-state index contributed by atoms with van der Waals surface area (Å²) in [6.45, 7) is 4.28. The van der Waals surface area contributed by atoms with Gasteiger partial charge in [-0.1, -0.05) is 13.3 Å². The molecule has 0 aliphatic rings. The predicted molar refractivity (Wildman–Crippen MR) is 64.4 cm³/mol. The van der Waals surface area contributed by atoms with Crippen LogP contribution in [-0.4, -0.2) is 28.7 Å². The lowest BCUT2D eigenvalue weighted by molar-refractivity contribution is 0.0467. The number of Topliss-reactive ketones (excluding diaryl/α,β-unsaturated/α-hetero) is 1. The number of ketones is 1. The van der Waals surface area contributed by atoms with Gasteiger partial charge < -0.3 is 14.9 Å². The van der Waals surface area contributed by atoms with E-state index in [0.717, 1.165) is 12.8 Å². The summed E-state index contributed by atoms with van der Waals surface area (Å²) in [7, 11) is 0. The van der Waals surface area contributed by atoms with E-state index in [0.29, 0.717) is 12.2 Å². The summed E-state index contributed by atoms with van der Waals surface area (Å²) < 4.78 is 5.38. The zero-order valence-electron chi connectivity index (χ0n) is 10.1. The Bertz CT molecular complexity index is 387. The van der Waals surface area contributed by atoms with Crippen LogP contribution < -0.4 is 0 Å². The highest BCUT2D eigenvalue weighted by Gasteiger charge is 2.16. The Balaban J connectivity index is 2.65. The average molecular weight is 238 g/mol. The van der Waals surface area contributed by atoms with Crippen LogP contribution in [0.4, 0.5) is 0 Å². The van der Waals surface area contributed by atoms with Gasteiger partial charge in [0.15, 0.2) is 17.3 Å². The maximum atomic E-state index is 11.9. The minimum atomic E-state index is -0.537. The van der Waals surface area contributed by atoms with E-state index < -0.39 is 6.10 Å². The number of phenolic OH excluding ortho intramolecular Hbond substituents is 2. The van der Waals surface area contributed by atoms with E-state index in [1.807, 2.05) is 6.92 Å². The summed E-state index contributed by atoms with van der Waals surface area (Å²) in [5.74, 6) is -0.728. The second-order valence-electron chi connectivity index (χ2n) is 3.93. The maximum Gasteiger partial charge on any atom is 0.191 e. The van der Waals surface area contributed by atoms with Crippen molar-refractivity contribution in [3.8, 4) is 11.5 Å². The van der Waals surface area contributed by atoms with Crippen molar-refractivity contribution in [2.75, 3.05) is 6.61 Å². The first kappa shape index (κ1) is 13.5. The fourth-order valence-corrected chi connectivity index (χ4v) is 1.39. The van der Waals surface area contributed by atoms with Crippen LogP contribution in [-0.2, 0) is 4.74 Å². The predicted octanol–water partition coefficient (Wildman–Crippen LogP) is 2.49. The van der Waals surface area contributed by atoms with Gasteiger partial charge in [0.1, 0.15) is 6.10 Å². The largest absolute Gasteiger partial charge is 0.504 e. The standard InChI is InChI=1S/C13H18O4/c1-3-4-7-17-9(2)13(16)10-5-6-11(14)12(15)8-10/h5-6,8-9,14-15H,3-4,7H2,1-2H3. The van der Waals surface area contributed by atoms with Crippen molar-refractivity contribution in [1.82, 2.24) is 0 Å². The van der Waals surface area contributed by atoms with Crippen LogP contribution in [0.15, 0.2) is 18.2 Å². The second-order valence-corrected chi connectivity index (χ2v) is 3.93. The molecule has 4 heteroatoms. The van der Waals surface area contributed by atoms with Gasteiger partial charge in [-0.25, -0.2) is 0 Å². The molecule has 0 bridgehead atoms. The molecule has 1 atom stereocenters. The molecular formula is C13H18O4. The third-order valence-electron chi connectivity index (χ3n) is 2.49. The summed E-state index contributed by atoms with van der Waals surface area (Å²) >= 11 is 0. The van der Waals surface area contributed by atoms with Crippen molar-refractivity contribution in [3.63, 3.8) is 0 Å². The van der Waals surface area contributed by atoms with E-state index in [4.69, 9.17) is 9.84 Å².